The van der Waals surface area contributed by atoms with E-state index in [1.165, 1.54) is 0 Å². The fourth-order valence-corrected chi connectivity index (χ4v) is 5.89. The largest absolute Gasteiger partial charge is 0.481 e. The molecule has 306 valence electrons. The zero-order valence-corrected chi connectivity index (χ0v) is 34.1. The van der Waals surface area contributed by atoms with Crippen LogP contribution in [0.5, 0.6) is 0 Å². The predicted octanol–water partition coefficient (Wildman–Crippen LogP) is 2.50. The van der Waals surface area contributed by atoms with Gasteiger partial charge in [0.1, 0.15) is 0 Å². The van der Waals surface area contributed by atoms with Crippen molar-refractivity contribution in [3.05, 3.63) is 0 Å². The van der Waals surface area contributed by atoms with E-state index in [0.717, 1.165) is 0 Å². The molecule has 15 nitrogen and oxygen atoms in total. The number of carboxylic acids is 1. The van der Waals surface area contributed by atoms with E-state index in [2.05, 4.69) is 31.9 Å². The molecule has 7 atom stereocenters. The monoisotopic (exact) mass is 754 g/mol. The molecule has 0 bridgehead atoms. The number of carbonyl (C=O) groups is 7. The molecule has 9 N–H and O–H groups in total. The molecule has 0 aliphatic rings. The van der Waals surface area contributed by atoms with Crippen LogP contribution in [-0.4, -0.2) is 88.8 Å². The van der Waals surface area contributed by atoms with Crippen LogP contribution in [-0.2, 0) is 33.6 Å². The number of nitrogens with one attached hydrogen (secondary N) is 6. The summed E-state index contributed by atoms with van der Waals surface area (Å²) >= 11 is 0. The van der Waals surface area contributed by atoms with Crippen LogP contribution in [0.2, 0.25) is 0 Å². The van der Waals surface area contributed by atoms with E-state index in [1.54, 1.807) is 20.8 Å². The Morgan fingerprint density at radius 1 is 0.434 bits per heavy atom. The minimum Gasteiger partial charge on any atom is -0.481 e. The average Bonchev–Trinajstić information content (AvgIpc) is 2.94. The second-order valence-electron chi connectivity index (χ2n) is 16.3. The van der Waals surface area contributed by atoms with E-state index < -0.39 is 42.2 Å². The van der Waals surface area contributed by atoms with Crippen LogP contribution in [0.25, 0.3) is 0 Å². The molecule has 6 amide bonds. The molecule has 0 radical (unpaired) electrons. The van der Waals surface area contributed by atoms with Crippen LogP contribution >= 0.6 is 0 Å². The Morgan fingerprint density at radius 2 is 0.774 bits per heavy atom. The molecule has 0 rings (SSSR count). The van der Waals surface area contributed by atoms with Crippen molar-refractivity contribution in [1.82, 2.24) is 31.9 Å². The molecule has 0 aromatic heterocycles. The third-order valence-electron chi connectivity index (χ3n) is 8.63. The Bertz CT molecular complexity index is 1190. The van der Waals surface area contributed by atoms with E-state index in [9.17, 15) is 33.6 Å². The first kappa shape index (κ1) is 49.2. The Morgan fingerprint density at radius 3 is 1.13 bits per heavy atom. The molecule has 53 heavy (non-hydrogen) atoms. The molecule has 0 aliphatic heterocycles. The van der Waals surface area contributed by atoms with Gasteiger partial charge in [-0.2, -0.15) is 0 Å². The first-order chi connectivity index (χ1) is 24.5. The highest BCUT2D eigenvalue weighted by Crippen LogP contribution is 2.12. The molecule has 0 unspecified atom stereocenters. The molecule has 0 fully saturated rings. The predicted molar refractivity (Wildman–Crippen MR) is 205 cm³/mol. The van der Waals surface area contributed by atoms with Crippen molar-refractivity contribution in [2.75, 3.05) is 0 Å². The van der Waals surface area contributed by atoms with Crippen molar-refractivity contribution >= 4 is 41.4 Å². The van der Waals surface area contributed by atoms with E-state index in [1.807, 2.05) is 55.4 Å². The summed E-state index contributed by atoms with van der Waals surface area (Å²) in [5.41, 5.74) is 5.98. The number of hydrogen-bond acceptors (Lipinski definition) is 8. The molecule has 15 heteroatoms. The summed E-state index contributed by atoms with van der Waals surface area (Å²) in [4.78, 5) is 87.6. The van der Waals surface area contributed by atoms with Gasteiger partial charge in [0.25, 0.3) is 0 Å². The third-order valence-corrected chi connectivity index (χ3v) is 8.63. The number of amides is 6. The van der Waals surface area contributed by atoms with Crippen LogP contribution in [0.3, 0.4) is 0 Å². The van der Waals surface area contributed by atoms with Crippen molar-refractivity contribution in [3.8, 4) is 0 Å². The topological polar surface area (TPSA) is 238 Å². The second-order valence-corrected chi connectivity index (χ2v) is 16.3. The molecule has 0 saturated carbocycles. The van der Waals surface area contributed by atoms with Gasteiger partial charge in [0.2, 0.25) is 35.4 Å². The summed E-state index contributed by atoms with van der Waals surface area (Å²) in [5, 5.41) is 26.1. The number of rotatable bonds is 26. The highest BCUT2D eigenvalue weighted by Gasteiger charge is 2.25. The number of hydrogen-bond donors (Lipinski definition) is 8. The SMILES string of the molecule is CC(C)C[C@@H](CC(=O)O)NC(=O)C[C@H](C)NC(=O)C[C@@H](NC(=O)C[C@H](C)NC(=O)C[C@H](CC(C)C)NC(=O)C[C@H](C)NC(=O)C[C@@H](N)C(C)C)C(C)C. The summed E-state index contributed by atoms with van der Waals surface area (Å²) < 4.78 is 0. The lowest BCUT2D eigenvalue weighted by Gasteiger charge is -2.25. The molecule has 0 aromatic rings. The van der Waals surface area contributed by atoms with Crippen LogP contribution in [0.4, 0.5) is 0 Å². The zero-order valence-electron chi connectivity index (χ0n) is 34.1. The number of carboxylic acid groups (broad SMARTS) is 1. The lowest BCUT2D eigenvalue weighted by atomic mass is 9.99. The van der Waals surface area contributed by atoms with Gasteiger partial charge in [-0.1, -0.05) is 55.4 Å². The van der Waals surface area contributed by atoms with Gasteiger partial charge in [0.15, 0.2) is 0 Å². The Labute approximate surface area is 317 Å². The van der Waals surface area contributed by atoms with Gasteiger partial charge in [-0.25, -0.2) is 0 Å². The van der Waals surface area contributed by atoms with E-state index in [4.69, 9.17) is 10.8 Å². The van der Waals surface area contributed by atoms with Crippen LogP contribution in [0, 0.1) is 23.7 Å². The summed E-state index contributed by atoms with van der Waals surface area (Å²) in [5.74, 6) is -2.41. The maximum Gasteiger partial charge on any atom is 0.305 e. The molecular formula is C38H71N7O8. The standard InChI is InChI=1S/C38H71N7O8/c1-21(2)12-28(43-32(46)14-25(9)41-36(50)19-30(39)23(5)6)17-35(49)40-27(11)16-34(48)45-31(24(7)8)20-37(51)42-26(10)15-33(47)44-29(13-22(3)4)18-38(52)53/h21-31H,12-20,39H2,1-11H3,(H,40,49)(H,41,50)(H,42,51)(H,43,46)(H,44,47)(H,45,48)(H,52,53)/t25-,26-,27-,28-,29-,30+,31+/m0/s1. The normalized spacial score (nSPS) is 15.5. The zero-order chi connectivity index (χ0) is 41.0. The van der Waals surface area contributed by atoms with Crippen LogP contribution < -0.4 is 37.6 Å². The summed E-state index contributed by atoms with van der Waals surface area (Å²) in [7, 11) is 0. The van der Waals surface area contributed by atoms with Crippen molar-refractivity contribution in [2.45, 2.75) is 176 Å². The van der Waals surface area contributed by atoms with E-state index in [-0.39, 0.29) is 110 Å². The van der Waals surface area contributed by atoms with Crippen LogP contribution in [0.15, 0.2) is 0 Å². The fourth-order valence-electron chi connectivity index (χ4n) is 5.89. The molecular weight excluding hydrogens is 682 g/mol. The quantitative estimate of drug-likeness (QED) is 0.0647. The van der Waals surface area contributed by atoms with Gasteiger partial charge in [-0.3, -0.25) is 33.6 Å². The van der Waals surface area contributed by atoms with E-state index in [0.29, 0.717) is 12.8 Å². The van der Waals surface area contributed by atoms with Crippen molar-refractivity contribution < 1.29 is 38.7 Å². The fraction of sp³-hybridized carbons (Fsp3) is 0.816. The van der Waals surface area contributed by atoms with Gasteiger partial charge in [-0.05, 0) is 57.3 Å². The highest BCUT2D eigenvalue weighted by molar-refractivity contribution is 5.83. The molecule has 0 heterocycles. The van der Waals surface area contributed by atoms with Crippen molar-refractivity contribution in [1.29, 1.82) is 0 Å². The molecule has 0 aliphatic carbocycles. The second kappa shape index (κ2) is 25.3. The highest BCUT2D eigenvalue weighted by atomic mass is 16.4. The molecule has 0 saturated heterocycles. The van der Waals surface area contributed by atoms with Crippen molar-refractivity contribution in [2.24, 2.45) is 29.4 Å². The van der Waals surface area contributed by atoms with Gasteiger partial charge >= 0.3 is 5.97 Å². The first-order valence-corrected chi connectivity index (χ1v) is 19.2. The first-order valence-electron chi connectivity index (χ1n) is 19.2. The number of nitrogens with two attached hydrogens (primary N) is 1. The lowest BCUT2D eigenvalue weighted by Crippen LogP contribution is -2.47. The summed E-state index contributed by atoms with van der Waals surface area (Å²) in [6.45, 7) is 20.6. The van der Waals surface area contributed by atoms with Gasteiger partial charge in [-0.15, -0.1) is 0 Å². The number of carbonyl (C=O) groups excluding carboxylic acids is 6. The maximum absolute atomic E-state index is 13.0. The third kappa shape index (κ3) is 25.0. The Balaban J connectivity index is 4.98. The van der Waals surface area contributed by atoms with Gasteiger partial charge in [0, 0.05) is 80.8 Å². The Kier molecular flexibility index (Phi) is 23.5. The van der Waals surface area contributed by atoms with Crippen molar-refractivity contribution in [3.63, 3.8) is 0 Å². The van der Waals surface area contributed by atoms with Gasteiger partial charge < -0.3 is 42.7 Å². The minimum atomic E-state index is -0.999. The smallest absolute Gasteiger partial charge is 0.305 e. The molecule has 0 spiro atoms. The van der Waals surface area contributed by atoms with E-state index >= 15 is 0 Å². The number of aliphatic carboxylic acids is 1. The average molecular weight is 754 g/mol. The summed E-state index contributed by atoms with van der Waals surface area (Å²) in [6, 6.07) is -3.16. The summed E-state index contributed by atoms with van der Waals surface area (Å²) in [6.07, 6.45) is 1.06. The lowest BCUT2D eigenvalue weighted by molar-refractivity contribution is -0.138. The minimum absolute atomic E-state index is 0.0167. The molecule has 0 aromatic carbocycles. The Hall–Kier alpha value is -3.75. The van der Waals surface area contributed by atoms with Gasteiger partial charge in [0.05, 0.1) is 6.42 Å². The van der Waals surface area contributed by atoms with Crippen LogP contribution in [0.1, 0.15) is 134 Å². The maximum atomic E-state index is 13.0.